The van der Waals surface area contributed by atoms with E-state index in [0.717, 1.165) is 24.0 Å². The Bertz CT molecular complexity index is 338. The average Bonchev–Trinajstić information content (AvgIpc) is 2.61. The number of ether oxygens (including phenoxy) is 1. The molecule has 0 aliphatic heterocycles. The van der Waals surface area contributed by atoms with Crippen LogP contribution in [0.15, 0.2) is 23.7 Å². The normalized spacial score (nSPS) is 22.3. The first kappa shape index (κ1) is 18.5. The minimum atomic E-state index is 0.0709. The molecule has 0 radical (unpaired) electrons. The van der Waals surface area contributed by atoms with Gasteiger partial charge in [-0.25, -0.2) is 0 Å². The summed E-state index contributed by atoms with van der Waals surface area (Å²) < 4.78 is 5.58. The predicted molar refractivity (Wildman–Crippen MR) is 93.8 cm³/mol. The molecule has 2 aliphatic rings. The lowest BCUT2D eigenvalue weighted by Crippen LogP contribution is -2.09. The van der Waals surface area contributed by atoms with Crippen molar-refractivity contribution in [1.82, 2.24) is 0 Å². The molecule has 2 N–H and O–H groups in total. The van der Waals surface area contributed by atoms with Crippen molar-refractivity contribution in [2.75, 3.05) is 13.2 Å². The largest absolute Gasteiger partial charge is 0.473 e. The van der Waals surface area contributed by atoms with E-state index in [0.29, 0.717) is 11.8 Å². The van der Waals surface area contributed by atoms with Gasteiger partial charge in [0.25, 0.3) is 0 Å². The second kappa shape index (κ2) is 10.9. The van der Waals surface area contributed by atoms with E-state index in [1.165, 1.54) is 64.2 Å². The van der Waals surface area contributed by atoms with Crippen molar-refractivity contribution in [1.29, 1.82) is 0 Å². The van der Waals surface area contributed by atoms with Crippen molar-refractivity contribution in [3.8, 4) is 0 Å². The summed E-state index contributed by atoms with van der Waals surface area (Å²) >= 11 is 0. The lowest BCUT2D eigenvalue weighted by molar-refractivity contribution is 0.278. The lowest BCUT2D eigenvalue weighted by Gasteiger charge is -2.22. The Kier molecular flexibility index (Phi) is 8.77. The molecule has 0 bridgehead atoms. The minimum absolute atomic E-state index is 0.0709. The quantitative estimate of drug-likeness (QED) is 0.637. The van der Waals surface area contributed by atoms with Gasteiger partial charge in [-0.1, -0.05) is 64.2 Å². The summed E-state index contributed by atoms with van der Waals surface area (Å²) in [6.07, 6.45) is 18.4. The molecule has 2 aliphatic carbocycles. The van der Waals surface area contributed by atoms with Crippen LogP contribution in [0.4, 0.5) is 0 Å². The fraction of sp³-hybridized carbons (Fsp3) is 0.800. The molecule has 0 heterocycles. The fourth-order valence-electron chi connectivity index (χ4n) is 4.05. The van der Waals surface area contributed by atoms with E-state index in [1.54, 1.807) is 12.5 Å². The van der Waals surface area contributed by atoms with Gasteiger partial charge in [0.05, 0.1) is 25.7 Å². The van der Waals surface area contributed by atoms with E-state index < -0.39 is 0 Å². The Balaban J connectivity index is 1.79. The maximum atomic E-state index is 9.52. The smallest absolute Gasteiger partial charge is 0.0916 e. The first-order valence-electron chi connectivity index (χ1n) is 9.54. The maximum Gasteiger partial charge on any atom is 0.0916 e. The van der Waals surface area contributed by atoms with Gasteiger partial charge in [0.2, 0.25) is 0 Å². The van der Waals surface area contributed by atoms with Crippen LogP contribution in [0.25, 0.3) is 0 Å². The van der Waals surface area contributed by atoms with Crippen molar-refractivity contribution < 1.29 is 14.9 Å². The third-order valence-corrected chi connectivity index (χ3v) is 5.43. The van der Waals surface area contributed by atoms with Gasteiger partial charge in [-0.2, -0.15) is 0 Å². The zero-order valence-electron chi connectivity index (χ0n) is 14.5. The van der Waals surface area contributed by atoms with Crippen LogP contribution < -0.4 is 0 Å². The Morgan fingerprint density at radius 3 is 1.43 bits per heavy atom. The summed E-state index contributed by atoms with van der Waals surface area (Å²) in [5.41, 5.74) is 1.95. The molecule has 0 aromatic carbocycles. The van der Waals surface area contributed by atoms with Gasteiger partial charge in [-0.05, 0) is 35.8 Å². The fourth-order valence-corrected chi connectivity index (χ4v) is 4.05. The van der Waals surface area contributed by atoms with E-state index in [-0.39, 0.29) is 13.2 Å². The molecule has 0 aromatic rings. The SMILES string of the molecule is OCC(=COC=C(CO)CC1CCCCC1)CC1CCCCC1. The summed E-state index contributed by atoms with van der Waals surface area (Å²) in [4.78, 5) is 0. The van der Waals surface area contributed by atoms with E-state index in [9.17, 15) is 10.2 Å². The molecule has 2 fully saturated rings. The molecule has 2 rings (SSSR count). The molecule has 3 nitrogen and oxygen atoms in total. The van der Waals surface area contributed by atoms with Crippen molar-refractivity contribution in [2.24, 2.45) is 11.8 Å². The van der Waals surface area contributed by atoms with Gasteiger partial charge < -0.3 is 14.9 Å². The summed E-state index contributed by atoms with van der Waals surface area (Å²) in [6.45, 7) is 0.142. The topological polar surface area (TPSA) is 49.7 Å². The van der Waals surface area contributed by atoms with Crippen molar-refractivity contribution in [3.05, 3.63) is 23.7 Å². The molecule has 0 unspecified atom stereocenters. The molecule has 0 spiro atoms. The Hall–Kier alpha value is -0.800. The maximum absolute atomic E-state index is 9.52. The number of hydrogen-bond donors (Lipinski definition) is 2. The summed E-state index contributed by atoms with van der Waals surface area (Å²) in [7, 11) is 0. The van der Waals surface area contributed by atoms with Crippen LogP contribution in [0.2, 0.25) is 0 Å². The third kappa shape index (κ3) is 7.09. The van der Waals surface area contributed by atoms with Gasteiger partial charge in [0.15, 0.2) is 0 Å². The number of rotatable bonds is 8. The average molecular weight is 322 g/mol. The second-order valence-electron chi connectivity index (χ2n) is 7.42. The Morgan fingerprint density at radius 1 is 0.696 bits per heavy atom. The van der Waals surface area contributed by atoms with Gasteiger partial charge in [-0.3, -0.25) is 0 Å². The molecule has 0 aromatic heterocycles. The molecule has 2 saturated carbocycles. The number of hydrogen-bond acceptors (Lipinski definition) is 3. The van der Waals surface area contributed by atoms with Crippen molar-refractivity contribution in [3.63, 3.8) is 0 Å². The van der Waals surface area contributed by atoms with Crippen LogP contribution >= 0.6 is 0 Å². The molecule has 3 heteroatoms. The first-order chi connectivity index (χ1) is 11.3. The molecular formula is C20H34O3. The summed E-state index contributed by atoms with van der Waals surface area (Å²) in [5, 5.41) is 19.0. The third-order valence-electron chi connectivity index (χ3n) is 5.43. The van der Waals surface area contributed by atoms with Crippen LogP contribution in [0, 0.1) is 11.8 Å². The van der Waals surface area contributed by atoms with Gasteiger partial charge in [0, 0.05) is 0 Å². The molecule has 0 amide bonds. The lowest BCUT2D eigenvalue weighted by atomic mass is 9.85. The van der Waals surface area contributed by atoms with Crippen molar-refractivity contribution in [2.45, 2.75) is 77.0 Å². The van der Waals surface area contributed by atoms with E-state index in [2.05, 4.69) is 0 Å². The number of aliphatic hydroxyl groups excluding tert-OH is 2. The number of aliphatic hydroxyl groups is 2. The highest BCUT2D eigenvalue weighted by Crippen LogP contribution is 2.30. The molecular weight excluding hydrogens is 288 g/mol. The summed E-state index contributed by atoms with van der Waals surface area (Å²) in [5.74, 6) is 1.41. The molecule has 0 saturated heterocycles. The zero-order valence-corrected chi connectivity index (χ0v) is 14.5. The van der Waals surface area contributed by atoms with Crippen molar-refractivity contribution >= 4 is 0 Å². The minimum Gasteiger partial charge on any atom is -0.473 e. The van der Waals surface area contributed by atoms with Crippen LogP contribution in [0.5, 0.6) is 0 Å². The molecule has 0 atom stereocenters. The van der Waals surface area contributed by atoms with Gasteiger partial charge in [0.1, 0.15) is 0 Å². The highest BCUT2D eigenvalue weighted by Gasteiger charge is 2.16. The van der Waals surface area contributed by atoms with Crippen LogP contribution in [0.1, 0.15) is 77.0 Å². The highest BCUT2D eigenvalue weighted by atomic mass is 16.5. The second-order valence-corrected chi connectivity index (χ2v) is 7.42. The van der Waals surface area contributed by atoms with E-state index in [4.69, 9.17) is 4.74 Å². The first-order valence-corrected chi connectivity index (χ1v) is 9.54. The predicted octanol–water partition coefficient (Wildman–Crippen LogP) is 4.70. The molecule has 132 valence electrons. The van der Waals surface area contributed by atoms with E-state index >= 15 is 0 Å². The summed E-state index contributed by atoms with van der Waals surface area (Å²) in [6, 6.07) is 0. The van der Waals surface area contributed by atoms with Gasteiger partial charge in [-0.15, -0.1) is 0 Å². The standard InChI is InChI=1S/C20H34O3/c21-13-19(11-17-7-3-1-4-8-17)15-23-16-20(14-22)12-18-9-5-2-6-10-18/h15-18,21-22H,1-14H2. The molecule has 23 heavy (non-hydrogen) atoms. The Morgan fingerprint density at radius 2 is 1.09 bits per heavy atom. The van der Waals surface area contributed by atoms with Crippen LogP contribution in [-0.2, 0) is 4.74 Å². The Labute approximate surface area is 141 Å². The van der Waals surface area contributed by atoms with Crippen LogP contribution in [0.3, 0.4) is 0 Å². The van der Waals surface area contributed by atoms with Crippen LogP contribution in [-0.4, -0.2) is 23.4 Å². The monoisotopic (exact) mass is 322 g/mol. The highest BCUT2D eigenvalue weighted by molar-refractivity contribution is 5.04. The zero-order chi connectivity index (χ0) is 16.3. The van der Waals surface area contributed by atoms with E-state index in [1.807, 2.05) is 0 Å². The van der Waals surface area contributed by atoms with Gasteiger partial charge >= 0.3 is 0 Å².